The zero-order chi connectivity index (χ0) is 15.3. The highest BCUT2D eigenvalue weighted by molar-refractivity contribution is 5.83. The third-order valence-electron chi connectivity index (χ3n) is 5.67. The van der Waals surface area contributed by atoms with Crippen LogP contribution in [0.3, 0.4) is 0 Å². The summed E-state index contributed by atoms with van der Waals surface area (Å²) in [7, 11) is 0. The molecule has 0 aromatic rings. The Labute approximate surface area is 130 Å². The molecule has 1 amide bonds. The minimum atomic E-state index is -0.147. The lowest BCUT2D eigenvalue weighted by Crippen LogP contribution is -2.54. The van der Waals surface area contributed by atoms with Crippen molar-refractivity contribution in [2.75, 3.05) is 13.1 Å². The van der Waals surface area contributed by atoms with Gasteiger partial charge in [-0.15, -0.1) is 0 Å². The van der Waals surface area contributed by atoms with Gasteiger partial charge in [0.25, 0.3) is 0 Å². The highest BCUT2D eigenvalue weighted by Crippen LogP contribution is 2.35. The van der Waals surface area contributed by atoms with Crippen LogP contribution in [0.2, 0.25) is 0 Å². The summed E-state index contributed by atoms with van der Waals surface area (Å²) in [6, 6.07) is 0.405. The lowest BCUT2D eigenvalue weighted by molar-refractivity contribution is -0.134. The third-order valence-corrected chi connectivity index (χ3v) is 5.67. The number of piperidine rings is 1. The Morgan fingerprint density at radius 2 is 2.05 bits per heavy atom. The van der Waals surface area contributed by atoms with Crippen molar-refractivity contribution in [3.8, 4) is 0 Å². The first-order valence-corrected chi connectivity index (χ1v) is 9.11. The maximum atomic E-state index is 13.0. The fraction of sp³-hybridized carbons (Fsp3) is 0.944. The second kappa shape index (κ2) is 7.62. The molecule has 0 bridgehead atoms. The van der Waals surface area contributed by atoms with Crippen LogP contribution < -0.4 is 10.6 Å². The van der Waals surface area contributed by atoms with E-state index in [9.17, 15) is 4.79 Å². The minimum absolute atomic E-state index is 0.147. The van der Waals surface area contributed by atoms with Gasteiger partial charge in [0.05, 0.1) is 5.41 Å². The van der Waals surface area contributed by atoms with Crippen molar-refractivity contribution in [1.82, 2.24) is 10.6 Å². The summed E-state index contributed by atoms with van der Waals surface area (Å²) in [5.74, 6) is 1.66. The monoisotopic (exact) mass is 294 g/mol. The van der Waals surface area contributed by atoms with Gasteiger partial charge in [0, 0.05) is 12.6 Å². The Morgan fingerprint density at radius 3 is 2.67 bits per heavy atom. The number of hydrogen-bond donors (Lipinski definition) is 2. The van der Waals surface area contributed by atoms with Gasteiger partial charge in [-0.25, -0.2) is 0 Å². The van der Waals surface area contributed by atoms with Crippen molar-refractivity contribution < 1.29 is 4.79 Å². The number of amides is 1. The fourth-order valence-electron chi connectivity index (χ4n) is 4.43. The predicted octanol–water partition coefficient (Wildman–Crippen LogP) is 3.49. The molecular weight excluding hydrogens is 260 g/mol. The predicted molar refractivity (Wildman–Crippen MR) is 88.2 cm³/mol. The first-order valence-electron chi connectivity index (χ1n) is 9.11. The van der Waals surface area contributed by atoms with Crippen molar-refractivity contribution in [2.24, 2.45) is 17.3 Å². The van der Waals surface area contributed by atoms with Crippen molar-refractivity contribution in [3.63, 3.8) is 0 Å². The molecular formula is C18H34N2O. The van der Waals surface area contributed by atoms with E-state index in [1.807, 2.05) is 0 Å². The lowest BCUT2D eigenvalue weighted by Gasteiger charge is -2.40. The van der Waals surface area contributed by atoms with Gasteiger partial charge in [0.2, 0.25) is 5.91 Å². The molecule has 2 rings (SSSR count). The Hall–Kier alpha value is -0.570. The molecule has 2 fully saturated rings. The Kier molecular flexibility index (Phi) is 6.09. The zero-order valence-electron chi connectivity index (χ0n) is 14.2. The number of nitrogens with one attached hydrogen (secondary N) is 2. The summed E-state index contributed by atoms with van der Waals surface area (Å²) < 4.78 is 0. The molecule has 1 aliphatic heterocycles. The highest BCUT2D eigenvalue weighted by Gasteiger charge is 2.40. The molecule has 3 nitrogen and oxygen atoms in total. The van der Waals surface area contributed by atoms with Crippen LogP contribution in [0.5, 0.6) is 0 Å². The summed E-state index contributed by atoms with van der Waals surface area (Å²) in [6.07, 6.45) is 9.35. The second-order valence-corrected chi connectivity index (χ2v) is 7.58. The van der Waals surface area contributed by atoms with Crippen LogP contribution in [-0.2, 0) is 4.79 Å². The smallest absolute Gasteiger partial charge is 0.227 e. The maximum Gasteiger partial charge on any atom is 0.227 e. The Morgan fingerprint density at radius 1 is 1.29 bits per heavy atom. The van der Waals surface area contributed by atoms with Gasteiger partial charge in [-0.1, -0.05) is 40.0 Å². The van der Waals surface area contributed by atoms with Crippen LogP contribution in [0.4, 0.5) is 0 Å². The van der Waals surface area contributed by atoms with E-state index in [0.29, 0.717) is 23.8 Å². The van der Waals surface area contributed by atoms with Gasteiger partial charge >= 0.3 is 0 Å². The van der Waals surface area contributed by atoms with E-state index in [4.69, 9.17) is 0 Å². The average Bonchev–Trinajstić information content (AvgIpc) is 2.49. The van der Waals surface area contributed by atoms with E-state index in [1.165, 1.54) is 25.7 Å². The lowest BCUT2D eigenvalue weighted by atomic mass is 9.74. The van der Waals surface area contributed by atoms with Crippen LogP contribution in [0, 0.1) is 17.3 Å². The summed E-state index contributed by atoms with van der Waals surface area (Å²) in [6.45, 7) is 8.74. The van der Waals surface area contributed by atoms with Crippen molar-refractivity contribution in [1.29, 1.82) is 0 Å². The van der Waals surface area contributed by atoms with E-state index >= 15 is 0 Å². The van der Waals surface area contributed by atoms with Gasteiger partial charge in [-0.2, -0.15) is 0 Å². The molecule has 0 radical (unpaired) electrons. The fourth-order valence-corrected chi connectivity index (χ4v) is 4.43. The quantitative estimate of drug-likeness (QED) is 0.815. The van der Waals surface area contributed by atoms with E-state index in [-0.39, 0.29) is 5.41 Å². The minimum Gasteiger partial charge on any atom is -0.353 e. The maximum absolute atomic E-state index is 13.0. The summed E-state index contributed by atoms with van der Waals surface area (Å²) in [4.78, 5) is 13.0. The van der Waals surface area contributed by atoms with Gasteiger partial charge in [0.1, 0.15) is 0 Å². The van der Waals surface area contributed by atoms with Crippen LogP contribution in [0.1, 0.15) is 72.1 Å². The molecule has 21 heavy (non-hydrogen) atoms. The van der Waals surface area contributed by atoms with Crippen LogP contribution in [-0.4, -0.2) is 25.0 Å². The van der Waals surface area contributed by atoms with Crippen LogP contribution >= 0.6 is 0 Å². The molecule has 0 spiro atoms. The molecule has 2 N–H and O–H groups in total. The molecule has 2 aliphatic rings. The molecule has 122 valence electrons. The SMILES string of the molecule is CCCC1(C(=O)NC2CCCCC2C(C)C)CCCNC1. The summed E-state index contributed by atoms with van der Waals surface area (Å²) >= 11 is 0. The van der Waals surface area contributed by atoms with Crippen LogP contribution in [0.15, 0.2) is 0 Å². The first-order chi connectivity index (χ1) is 10.1. The molecule has 0 aromatic heterocycles. The molecule has 1 saturated heterocycles. The average molecular weight is 294 g/mol. The first kappa shape index (κ1) is 16.8. The van der Waals surface area contributed by atoms with E-state index < -0.39 is 0 Å². The number of rotatable bonds is 5. The topological polar surface area (TPSA) is 41.1 Å². The molecule has 3 atom stereocenters. The number of carbonyl (C=O) groups excluding carboxylic acids is 1. The second-order valence-electron chi connectivity index (χ2n) is 7.58. The largest absolute Gasteiger partial charge is 0.353 e. The number of carbonyl (C=O) groups is 1. The van der Waals surface area contributed by atoms with Gasteiger partial charge in [-0.05, 0) is 50.5 Å². The molecule has 1 aliphatic carbocycles. The molecule has 0 aromatic carbocycles. The summed E-state index contributed by atoms with van der Waals surface area (Å²) in [5.41, 5.74) is -0.147. The Bertz CT molecular complexity index is 329. The molecule has 1 heterocycles. The van der Waals surface area contributed by atoms with Crippen molar-refractivity contribution in [3.05, 3.63) is 0 Å². The number of hydrogen-bond acceptors (Lipinski definition) is 2. The van der Waals surface area contributed by atoms with Crippen LogP contribution in [0.25, 0.3) is 0 Å². The molecule has 3 unspecified atom stereocenters. The normalized spacial score (nSPS) is 33.9. The van der Waals surface area contributed by atoms with Gasteiger partial charge in [-0.3, -0.25) is 4.79 Å². The zero-order valence-corrected chi connectivity index (χ0v) is 14.2. The molecule has 3 heteroatoms. The summed E-state index contributed by atoms with van der Waals surface area (Å²) in [5, 5.41) is 6.92. The van der Waals surface area contributed by atoms with Gasteiger partial charge in [0.15, 0.2) is 0 Å². The van der Waals surface area contributed by atoms with E-state index in [0.717, 1.165) is 38.8 Å². The Balaban J connectivity index is 2.03. The third kappa shape index (κ3) is 4.00. The van der Waals surface area contributed by atoms with E-state index in [1.54, 1.807) is 0 Å². The molecule has 1 saturated carbocycles. The van der Waals surface area contributed by atoms with Gasteiger partial charge < -0.3 is 10.6 Å². The van der Waals surface area contributed by atoms with Crippen molar-refractivity contribution >= 4 is 5.91 Å². The standard InChI is InChI=1S/C18H34N2O/c1-4-10-18(11-7-12-19-13-18)17(21)20-16-9-6-5-8-15(16)14(2)3/h14-16,19H,4-13H2,1-3H3,(H,20,21). The van der Waals surface area contributed by atoms with E-state index in [2.05, 4.69) is 31.4 Å². The van der Waals surface area contributed by atoms with Crippen molar-refractivity contribution in [2.45, 2.75) is 78.2 Å². The highest BCUT2D eigenvalue weighted by atomic mass is 16.2.